The van der Waals surface area contributed by atoms with Crippen molar-refractivity contribution in [2.75, 3.05) is 0 Å². The average molecular weight is 426 g/mol. The topological polar surface area (TPSA) is 107 Å². The summed E-state index contributed by atoms with van der Waals surface area (Å²) in [6, 6.07) is 1.50. The molecule has 1 aliphatic rings. The monoisotopic (exact) mass is 425 g/mol. The maximum Gasteiger partial charge on any atom is 0.329 e. The Bertz CT molecular complexity index is 905. The lowest BCUT2D eigenvalue weighted by Crippen LogP contribution is -2.43. The molecule has 3 rings (SSSR count). The number of rotatable bonds is 7. The van der Waals surface area contributed by atoms with Crippen LogP contribution in [0, 0.1) is 0 Å². The van der Waals surface area contributed by atoms with Crippen molar-refractivity contribution in [2.45, 2.75) is 45.9 Å². The molecule has 1 aromatic carbocycles. The van der Waals surface area contributed by atoms with Gasteiger partial charge in [-0.05, 0) is 35.9 Å². The van der Waals surface area contributed by atoms with Crippen LogP contribution in [-0.4, -0.2) is 48.9 Å². The molecule has 0 saturated carbocycles. The molecule has 1 aromatic heterocycles. The van der Waals surface area contributed by atoms with Gasteiger partial charge in [0.25, 0.3) is 11.8 Å². The van der Waals surface area contributed by atoms with Crippen LogP contribution in [0.2, 0.25) is 10.0 Å². The van der Waals surface area contributed by atoms with Crippen LogP contribution in [0.15, 0.2) is 12.1 Å². The lowest BCUT2D eigenvalue weighted by Gasteiger charge is -2.20. The number of benzene rings is 1. The van der Waals surface area contributed by atoms with Crippen molar-refractivity contribution in [2.24, 2.45) is 0 Å². The molecule has 0 N–H and O–H groups in total. The van der Waals surface area contributed by atoms with Crippen molar-refractivity contribution in [3.63, 3.8) is 0 Å². The van der Waals surface area contributed by atoms with Crippen LogP contribution >= 0.6 is 23.2 Å². The number of hydrogen-bond acceptors (Lipinski definition) is 7. The van der Waals surface area contributed by atoms with E-state index in [1.54, 1.807) is 4.68 Å². The van der Waals surface area contributed by atoms with Gasteiger partial charge in [0.15, 0.2) is 12.4 Å². The summed E-state index contributed by atoms with van der Waals surface area (Å²) in [5.41, 5.74) is 0.199. The number of nitrogens with zero attached hydrogens (tertiary/aromatic N) is 5. The highest BCUT2D eigenvalue weighted by atomic mass is 35.5. The summed E-state index contributed by atoms with van der Waals surface area (Å²) in [5, 5.41) is 11.5. The van der Waals surface area contributed by atoms with Gasteiger partial charge in [0.1, 0.15) is 6.04 Å². The minimum atomic E-state index is -1.13. The Morgan fingerprint density at radius 3 is 2.36 bits per heavy atom. The van der Waals surface area contributed by atoms with E-state index < -0.39 is 23.8 Å². The second kappa shape index (κ2) is 8.24. The molecule has 0 fully saturated rings. The van der Waals surface area contributed by atoms with Crippen molar-refractivity contribution in [1.82, 2.24) is 25.1 Å². The largest absolute Gasteiger partial charge is 0.456 e. The quantitative estimate of drug-likeness (QED) is 0.495. The third kappa shape index (κ3) is 3.72. The molecule has 0 spiro atoms. The van der Waals surface area contributed by atoms with Gasteiger partial charge < -0.3 is 4.74 Å². The normalized spacial score (nSPS) is 14.4. The van der Waals surface area contributed by atoms with Crippen molar-refractivity contribution in [3.8, 4) is 0 Å². The molecule has 0 bridgehead atoms. The van der Waals surface area contributed by atoms with Crippen molar-refractivity contribution < 1.29 is 19.1 Å². The Kier molecular flexibility index (Phi) is 5.95. The zero-order valence-electron chi connectivity index (χ0n) is 15.2. The Morgan fingerprint density at radius 2 is 1.79 bits per heavy atom. The molecule has 9 nitrogen and oxygen atoms in total. The molecule has 1 atom stereocenters. The van der Waals surface area contributed by atoms with Crippen LogP contribution in [0.1, 0.15) is 53.2 Å². The summed E-state index contributed by atoms with van der Waals surface area (Å²) in [6.45, 7) is 3.88. The summed E-state index contributed by atoms with van der Waals surface area (Å²) in [6.07, 6.45) is 1.84. The Morgan fingerprint density at radius 1 is 1.18 bits per heavy atom. The van der Waals surface area contributed by atoms with Crippen LogP contribution in [0.3, 0.4) is 0 Å². The summed E-state index contributed by atoms with van der Waals surface area (Å²) < 4.78 is 6.77. The van der Waals surface area contributed by atoms with E-state index in [4.69, 9.17) is 27.9 Å². The molecular formula is C17H17Cl2N5O4. The maximum absolute atomic E-state index is 12.6. The van der Waals surface area contributed by atoms with E-state index in [0.29, 0.717) is 12.4 Å². The van der Waals surface area contributed by atoms with Gasteiger partial charge in [0, 0.05) is 6.54 Å². The Balaban J connectivity index is 1.70. The number of aromatic nitrogens is 4. The SMILES string of the molecule is CCCCn1nnnc1COC(=O)C(C)N1C(=O)c2cc(Cl)c(Cl)cc2C1=O. The first-order valence-electron chi connectivity index (χ1n) is 8.63. The standard InChI is InChI=1S/C17H17Cl2N5O4/c1-3-4-5-23-14(20-21-22-23)8-28-17(27)9(2)24-15(25)10-6-12(18)13(19)7-11(10)16(24)26/h6-7,9H,3-5,8H2,1-2H3. The fourth-order valence-electron chi connectivity index (χ4n) is 2.77. The number of fused-ring (bicyclic) bond motifs is 1. The first-order chi connectivity index (χ1) is 13.3. The molecule has 11 heteroatoms. The van der Waals surface area contributed by atoms with E-state index >= 15 is 0 Å². The summed E-state index contributed by atoms with van der Waals surface area (Å²) in [4.78, 5) is 38.4. The zero-order valence-corrected chi connectivity index (χ0v) is 16.7. The Labute approximate surface area is 170 Å². The predicted molar refractivity (Wildman–Crippen MR) is 98.9 cm³/mol. The molecule has 0 aliphatic carbocycles. The van der Waals surface area contributed by atoms with Gasteiger partial charge in [-0.25, -0.2) is 9.48 Å². The molecule has 2 heterocycles. The first-order valence-corrected chi connectivity index (χ1v) is 9.39. The molecule has 1 unspecified atom stereocenters. The molecular weight excluding hydrogens is 409 g/mol. The third-order valence-electron chi connectivity index (χ3n) is 4.36. The first kappa shape index (κ1) is 20.2. The van der Waals surface area contributed by atoms with Gasteiger partial charge in [0.2, 0.25) is 0 Å². The van der Waals surface area contributed by atoms with Crippen LogP contribution in [0.4, 0.5) is 0 Å². The highest BCUT2D eigenvalue weighted by molar-refractivity contribution is 6.43. The van der Waals surface area contributed by atoms with Crippen molar-refractivity contribution in [1.29, 1.82) is 0 Å². The van der Waals surface area contributed by atoms with Crippen LogP contribution in [0.25, 0.3) is 0 Å². The van der Waals surface area contributed by atoms with Crippen LogP contribution < -0.4 is 0 Å². The molecule has 0 radical (unpaired) electrons. The van der Waals surface area contributed by atoms with Gasteiger partial charge in [0.05, 0.1) is 21.2 Å². The fraction of sp³-hybridized carbons (Fsp3) is 0.412. The number of imide groups is 1. The van der Waals surface area contributed by atoms with Crippen molar-refractivity contribution in [3.05, 3.63) is 39.1 Å². The molecule has 28 heavy (non-hydrogen) atoms. The van der Waals surface area contributed by atoms with Crippen LogP contribution in [-0.2, 0) is 22.7 Å². The average Bonchev–Trinajstić information content (AvgIpc) is 3.21. The number of esters is 1. The third-order valence-corrected chi connectivity index (χ3v) is 5.08. The summed E-state index contributed by atoms with van der Waals surface area (Å²) in [5.74, 6) is -1.63. The highest BCUT2D eigenvalue weighted by Gasteiger charge is 2.42. The summed E-state index contributed by atoms with van der Waals surface area (Å²) in [7, 11) is 0. The molecule has 0 saturated heterocycles. The number of hydrogen-bond donors (Lipinski definition) is 0. The molecule has 2 amide bonds. The van der Waals surface area contributed by atoms with Gasteiger partial charge in [-0.2, -0.15) is 0 Å². The molecule has 2 aromatic rings. The number of unbranched alkanes of at least 4 members (excludes halogenated alkanes) is 1. The van der Waals surface area contributed by atoms with Crippen LogP contribution in [0.5, 0.6) is 0 Å². The van der Waals surface area contributed by atoms with E-state index in [2.05, 4.69) is 15.5 Å². The lowest BCUT2D eigenvalue weighted by atomic mass is 10.1. The Hall–Kier alpha value is -2.52. The maximum atomic E-state index is 12.6. The minimum Gasteiger partial charge on any atom is -0.456 e. The molecule has 148 valence electrons. The summed E-state index contributed by atoms with van der Waals surface area (Å²) >= 11 is 11.9. The number of carbonyl (C=O) groups excluding carboxylic acids is 3. The minimum absolute atomic E-state index is 0.0996. The van der Waals surface area contributed by atoms with E-state index in [9.17, 15) is 14.4 Å². The number of amides is 2. The van der Waals surface area contributed by atoms with E-state index in [-0.39, 0.29) is 27.8 Å². The second-order valence-corrected chi connectivity index (χ2v) is 7.06. The molecule has 1 aliphatic heterocycles. The van der Waals surface area contributed by atoms with Gasteiger partial charge >= 0.3 is 5.97 Å². The van der Waals surface area contributed by atoms with Gasteiger partial charge in [-0.15, -0.1) is 5.10 Å². The number of halogens is 2. The number of carbonyl (C=O) groups is 3. The van der Waals surface area contributed by atoms with Crippen molar-refractivity contribution >= 4 is 41.0 Å². The predicted octanol–water partition coefficient (Wildman–Crippen LogP) is 2.51. The number of ether oxygens (including phenoxy) is 1. The smallest absolute Gasteiger partial charge is 0.329 e. The fourth-order valence-corrected chi connectivity index (χ4v) is 3.10. The second-order valence-electron chi connectivity index (χ2n) is 6.25. The van der Waals surface area contributed by atoms with Gasteiger partial charge in [-0.1, -0.05) is 36.5 Å². The van der Waals surface area contributed by atoms with E-state index in [1.165, 1.54) is 19.1 Å². The van der Waals surface area contributed by atoms with E-state index in [0.717, 1.165) is 17.7 Å². The number of aryl methyl sites for hydroxylation is 1. The zero-order chi connectivity index (χ0) is 20.4. The highest BCUT2D eigenvalue weighted by Crippen LogP contribution is 2.32. The van der Waals surface area contributed by atoms with Gasteiger partial charge in [-0.3, -0.25) is 14.5 Å². The van der Waals surface area contributed by atoms with E-state index in [1.807, 2.05) is 6.92 Å². The lowest BCUT2D eigenvalue weighted by molar-refractivity contribution is -0.149. The number of tetrazole rings is 1.